The molecule has 168 valence electrons. The Balaban J connectivity index is 1.46. The summed E-state index contributed by atoms with van der Waals surface area (Å²) in [6, 6.07) is 19.8. The molecule has 3 aromatic carbocycles. The molecular formula is C25H17FN4OS3. The van der Waals surface area contributed by atoms with Gasteiger partial charge in [0, 0.05) is 11.9 Å². The summed E-state index contributed by atoms with van der Waals surface area (Å²) in [5, 5.41) is 2.39. The first kappa shape index (κ1) is 21.4. The normalized spacial score (nSPS) is 19.0. The lowest BCUT2D eigenvalue weighted by Crippen LogP contribution is -2.29. The lowest BCUT2D eigenvalue weighted by atomic mass is 10.2. The van der Waals surface area contributed by atoms with Crippen molar-refractivity contribution < 1.29 is 9.18 Å². The number of carbonyl (C=O) groups excluding carboxylic acids is 1. The van der Waals surface area contributed by atoms with E-state index >= 15 is 0 Å². The number of thioether (sulfide) groups is 2. The Kier molecular flexibility index (Phi) is 5.20. The summed E-state index contributed by atoms with van der Waals surface area (Å²) in [7, 11) is 1.96. The van der Waals surface area contributed by atoms with Crippen LogP contribution >= 0.6 is 34.9 Å². The first-order valence-electron chi connectivity index (χ1n) is 10.5. The van der Waals surface area contributed by atoms with Crippen LogP contribution in [-0.2, 0) is 4.79 Å². The lowest BCUT2D eigenvalue weighted by Gasteiger charge is -2.16. The molecule has 0 unspecified atom stereocenters. The summed E-state index contributed by atoms with van der Waals surface area (Å²) < 4.78 is 14.7. The maximum Gasteiger partial charge on any atom is 0.274 e. The van der Waals surface area contributed by atoms with Crippen molar-refractivity contribution in [3.63, 3.8) is 0 Å². The zero-order valence-electron chi connectivity index (χ0n) is 18.2. The van der Waals surface area contributed by atoms with Gasteiger partial charge in [0.2, 0.25) is 0 Å². The van der Waals surface area contributed by atoms with Crippen LogP contribution in [0.15, 0.2) is 86.6 Å². The number of fused-ring (bicyclic) bond motifs is 2. The van der Waals surface area contributed by atoms with Crippen LogP contribution in [-0.4, -0.2) is 23.1 Å². The third kappa shape index (κ3) is 3.60. The molecule has 2 aliphatic rings. The first-order valence-corrected chi connectivity index (χ1v) is 12.9. The molecule has 34 heavy (non-hydrogen) atoms. The summed E-state index contributed by atoms with van der Waals surface area (Å²) in [5.74, 6) is -0.528. The SMILES string of the molecule is Cc1nc2ccc(N=C3S/C(=C4\Sc5ccccc5N4C)C(=O)N3c3ccc(F)cc3)cc2s1. The number of thiazole rings is 1. The van der Waals surface area contributed by atoms with Crippen molar-refractivity contribution in [3.8, 4) is 0 Å². The van der Waals surface area contributed by atoms with Gasteiger partial charge in [0.1, 0.15) is 10.7 Å². The smallest absolute Gasteiger partial charge is 0.274 e. The second kappa shape index (κ2) is 8.26. The van der Waals surface area contributed by atoms with Gasteiger partial charge in [-0.25, -0.2) is 14.4 Å². The van der Waals surface area contributed by atoms with E-state index in [0.717, 1.165) is 36.5 Å². The van der Waals surface area contributed by atoms with Crippen LogP contribution in [0.25, 0.3) is 10.2 Å². The van der Waals surface area contributed by atoms with Crippen molar-refractivity contribution in [2.24, 2.45) is 4.99 Å². The molecule has 0 spiro atoms. The molecule has 1 amide bonds. The predicted molar refractivity (Wildman–Crippen MR) is 141 cm³/mol. The highest BCUT2D eigenvalue weighted by molar-refractivity contribution is 8.20. The Bertz CT molecular complexity index is 1530. The Hall–Kier alpha value is -3.14. The van der Waals surface area contributed by atoms with Gasteiger partial charge in [-0.15, -0.1) is 11.3 Å². The summed E-state index contributed by atoms with van der Waals surface area (Å²) >= 11 is 4.52. The number of para-hydroxylation sites is 1. The second-order valence-corrected chi connectivity index (χ2v) is 11.0. The van der Waals surface area contributed by atoms with Crippen molar-refractivity contribution in [2.75, 3.05) is 16.8 Å². The van der Waals surface area contributed by atoms with Crippen LogP contribution in [0.2, 0.25) is 0 Å². The standard InChI is InChI=1S/C25H17FN4OS3/c1-14-27-18-12-9-16(13-21(18)32-14)28-25-30(17-10-7-15(26)8-11-17)23(31)22(34-25)24-29(2)19-5-3-4-6-20(19)33-24/h3-13H,1-2H3/b24-22-,28-25?. The summed E-state index contributed by atoms with van der Waals surface area (Å²) in [5.41, 5.74) is 3.31. The van der Waals surface area contributed by atoms with Crippen molar-refractivity contribution in [3.05, 3.63) is 87.5 Å². The fourth-order valence-electron chi connectivity index (χ4n) is 3.90. The number of hydrogen-bond donors (Lipinski definition) is 0. The van der Waals surface area contributed by atoms with Gasteiger partial charge in [0.05, 0.1) is 37.3 Å². The highest BCUT2D eigenvalue weighted by Gasteiger charge is 2.40. The number of aromatic nitrogens is 1. The predicted octanol–water partition coefficient (Wildman–Crippen LogP) is 6.92. The molecule has 9 heteroatoms. The van der Waals surface area contributed by atoms with Crippen LogP contribution in [0.3, 0.4) is 0 Å². The molecular weight excluding hydrogens is 488 g/mol. The van der Waals surface area contributed by atoms with E-state index in [0.29, 0.717) is 15.8 Å². The van der Waals surface area contributed by atoms with E-state index < -0.39 is 0 Å². The van der Waals surface area contributed by atoms with Crippen LogP contribution < -0.4 is 9.80 Å². The van der Waals surface area contributed by atoms with Gasteiger partial charge in [0.25, 0.3) is 5.91 Å². The second-order valence-electron chi connectivity index (χ2n) is 7.76. The monoisotopic (exact) mass is 504 g/mol. The molecule has 0 aliphatic carbocycles. The molecule has 4 aromatic rings. The minimum absolute atomic E-state index is 0.174. The van der Waals surface area contributed by atoms with Crippen molar-refractivity contribution in [1.29, 1.82) is 0 Å². The Morgan fingerprint density at radius 3 is 2.59 bits per heavy atom. The number of rotatable bonds is 2. The first-order chi connectivity index (χ1) is 16.5. The molecule has 0 atom stereocenters. The zero-order valence-corrected chi connectivity index (χ0v) is 20.6. The fourth-order valence-corrected chi connectivity index (χ4v) is 7.11. The van der Waals surface area contributed by atoms with E-state index in [1.807, 2.05) is 61.3 Å². The number of anilines is 2. The summed E-state index contributed by atoms with van der Waals surface area (Å²) in [6.07, 6.45) is 0. The minimum Gasteiger partial charge on any atom is -0.337 e. The van der Waals surface area contributed by atoms with E-state index in [-0.39, 0.29) is 11.7 Å². The molecule has 2 aliphatic heterocycles. The molecule has 1 fully saturated rings. The van der Waals surface area contributed by atoms with Gasteiger partial charge in [-0.1, -0.05) is 23.9 Å². The number of hydrogen-bond acceptors (Lipinski definition) is 7. The molecule has 0 N–H and O–H groups in total. The van der Waals surface area contributed by atoms with Gasteiger partial charge < -0.3 is 4.90 Å². The maximum atomic E-state index is 13.7. The largest absolute Gasteiger partial charge is 0.337 e. The van der Waals surface area contributed by atoms with E-state index in [9.17, 15) is 9.18 Å². The lowest BCUT2D eigenvalue weighted by molar-refractivity contribution is -0.113. The highest BCUT2D eigenvalue weighted by Crippen LogP contribution is 2.50. The number of nitrogens with zero attached hydrogens (tertiary/aromatic N) is 4. The van der Waals surface area contributed by atoms with Crippen LogP contribution in [0.1, 0.15) is 5.01 Å². The number of carbonyl (C=O) groups is 1. The Morgan fingerprint density at radius 1 is 1.00 bits per heavy atom. The Labute approximate surface area is 208 Å². The van der Waals surface area contributed by atoms with Crippen molar-refractivity contribution in [2.45, 2.75) is 11.8 Å². The summed E-state index contributed by atoms with van der Waals surface area (Å²) in [6.45, 7) is 1.98. The Morgan fingerprint density at radius 2 is 1.79 bits per heavy atom. The van der Waals surface area contributed by atoms with Crippen molar-refractivity contribution in [1.82, 2.24) is 4.98 Å². The average Bonchev–Trinajstić information content (AvgIpc) is 3.47. The fraction of sp³-hybridized carbons (Fsp3) is 0.0800. The molecule has 0 saturated carbocycles. The van der Waals surface area contributed by atoms with Crippen molar-refractivity contribution >= 4 is 73.2 Å². The molecule has 6 rings (SSSR count). The van der Waals surface area contributed by atoms with Gasteiger partial charge in [-0.2, -0.15) is 0 Å². The number of benzene rings is 3. The van der Waals surface area contributed by atoms with Crippen LogP contribution in [0.4, 0.5) is 21.5 Å². The number of amides is 1. The quantitative estimate of drug-likeness (QED) is 0.277. The van der Waals surface area contributed by atoms with Gasteiger partial charge >= 0.3 is 0 Å². The maximum absolute atomic E-state index is 13.7. The number of aryl methyl sites for hydroxylation is 1. The minimum atomic E-state index is -0.354. The number of aliphatic imine (C=N–C) groups is 1. The molecule has 0 radical (unpaired) electrons. The van der Waals surface area contributed by atoms with Gasteiger partial charge in [-0.05, 0) is 73.3 Å². The van der Waals surface area contributed by atoms with E-state index in [1.165, 1.54) is 23.9 Å². The van der Waals surface area contributed by atoms with Gasteiger partial charge in [-0.3, -0.25) is 9.69 Å². The van der Waals surface area contributed by atoms with E-state index in [4.69, 9.17) is 4.99 Å². The number of amidine groups is 1. The molecule has 5 nitrogen and oxygen atoms in total. The molecule has 1 saturated heterocycles. The third-order valence-corrected chi connectivity index (χ3v) is 8.83. The van der Waals surface area contributed by atoms with Crippen LogP contribution in [0.5, 0.6) is 0 Å². The average molecular weight is 505 g/mol. The molecule has 3 heterocycles. The van der Waals surface area contributed by atoms with Crippen LogP contribution in [0, 0.1) is 12.7 Å². The van der Waals surface area contributed by atoms with E-state index in [2.05, 4.69) is 4.98 Å². The van der Waals surface area contributed by atoms with E-state index in [1.54, 1.807) is 40.1 Å². The zero-order chi connectivity index (χ0) is 23.4. The van der Waals surface area contributed by atoms with Gasteiger partial charge in [0.15, 0.2) is 5.17 Å². The number of halogens is 1. The molecule has 1 aromatic heterocycles. The topological polar surface area (TPSA) is 48.8 Å². The third-order valence-electron chi connectivity index (χ3n) is 5.50. The molecule has 0 bridgehead atoms. The summed E-state index contributed by atoms with van der Waals surface area (Å²) in [4.78, 5) is 28.4. The highest BCUT2D eigenvalue weighted by atomic mass is 32.2.